The molecule has 132 valence electrons. The molecule has 2 aromatic rings. The summed E-state index contributed by atoms with van der Waals surface area (Å²) in [6.45, 7) is 4.44. The van der Waals surface area contributed by atoms with Crippen LogP contribution in [0.15, 0.2) is 35.4 Å². The molecule has 0 amide bonds. The van der Waals surface area contributed by atoms with E-state index in [4.69, 9.17) is 0 Å². The number of aromatic nitrogens is 1. The lowest BCUT2D eigenvalue weighted by molar-refractivity contribution is 0.449. The lowest BCUT2D eigenvalue weighted by Gasteiger charge is -2.19. The third kappa shape index (κ3) is 2.50. The standard InChI is InChI=1S/C19H23N3O2S/c1-12-7-15(12)17-8-16-13(9-21-17)3-2-4-19(16)25(23,24)22-10-14-5-6-20-18(14)11-22/h2-4,8-9,12,14-15,18,20H,5-7,10-11H2,1H3/t12?,14-,15-,18+/m0/s1. The van der Waals surface area contributed by atoms with E-state index in [0.717, 1.165) is 35.9 Å². The van der Waals surface area contributed by atoms with E-state index in [-0.39, 0.29) is 0 Å². The summed E-state index contributed by atoms with van der Waals surface area (Å²) in [7, 11) is -3.48. The van der Waals surface area contributed by atoms with Gasteiger partial charge in [-0.25, -0.2) is 8.42 Å². The summed E-state index contributed by atoms with van der Waals surface area (Å²) >= 11 is 0. The first-order valence-electron chi connectivity index (χ1n) is 9.16. The topological polar surface area (TPSA) is 62.3 Å². The quantitative estimate of drug-likeness (QED) is 0.916. The van der Waals surface area contributed by atoms with Crippen molar-refractivity contribution in [2.24, 2.45) is 11.8 Å². The van der Waals surface area contributed by atoms with Gasteiger partial charge in [-0.2, -0.15) is 4.31 Å². The number of fused-ring (bicyclic) bond motifs is 2. The Morgan fingerprint density at radius 1 is 1.28 bits per heavy atom. The van der Waals surface area contributed by atoms with Crippen LogP contribution >= 0.6 is 0 Å². The smallest absolute Gasteiger partial charge is 0.243 e. The summed E-state index contributed by atoms with van der Waals surface area (Å²) in [5, 5.41) is 5.15. The predicted molar refractivity (Wildman–Crippen MR) is 96.9 cm³/mol. The van der Waals surface area contributed by atoms with Gasteiger partial charge in [-0.3, -0.25) is 4.98 Å². The molecule has 3 aliphatic rings. The molecule has 4 atom stereocenters. The number of hydrogen-bond acceptors (Lipinski definition) is 4. The zero-order valence-electron chi connectivity index (χ0n) is 14.4. The Morgan fingerprint density at radius 2 is 2.12 bits per heavy atom. The third-order valence-electron chi connectivity index (χ3n) is 6.18. The van der Waals surface area contributed by atoms with E-state index >= 15 is 0 Å². The minimum atomic E-state index is -3.48. The van der Waals surface area contributed by atoms with Gasteiger partial charge in [0.05, 0.1) is 4.90 Å². The van der Waals surface area contributed by atoms with Crippen molar-refractivity contribution in [2.75, 3.05) is 19.6 Å². The summed E-state index contributed by atoms with van der Waals surface area (Å²) in [5.74, 6) is 1.59. The first kappa shape index (κ1) is 15.7. The lowest BCUT2D eigenvalue weighted by Crippen LogP contribution is -2.34. The maximum Gasteiger partial charge on any atom is 0.243 e. The summed E-state index contributed by atoms with van der Waals surface area (Å²) < 4.78 is 28.3. The number of rotatable bonds is 3. The van der Waals surface area contributed by atoms with Crippen molar-refractivity contribution < 1.29 is 8.42 Å². The number of benzene rings is 1. The molecule has 1 aromatic carbocycles. The first-order chi connectivity index (χ1) is 12.0. The molecule has 1 N–H and O–H groups in total. The van der Waals surface area contributed by atoms with Crippen molar-refractivity contribution in [3.63, 3.8) is 0 Å². The largest absolute Gasteiger partial charge is 0.312 e. The molecule has 1 unspecified atom stereocenters. The van der Waals surface area contributed by atoms with Crippen LogP contribution in [-0.2, 0) is 10.0 Å². The van der Waals surface area contributed by atoms with Crippen LogP contribution in [0.4, 0.5) is 0 Å². The van der Waals surface area contributed by atoms with Crippen molar-refractivity contribution in [3.8, 4) is 0 Å². The number of nitrogens with one attached hydrogen (secondary N) is 1. The van der Waals surface area contributed by atoms with Gasteiger partial charge in [0.2, 0.25) is 10.0 Å². The molecule has 0 bridgehead atoms. The summed E-state index contributed by atoms with van der Waals surface area (Å²) in [6.07, 6.45) is 4.05. The van der Waals surface area contributed by atoms with Gasteiger partial charge in [-0.15, -0.1) is 0 Å². The normalized spacial score (nSPS) is 32.2. The minimum Gasteiger partial charge on any atom is -0.312 e. The zero-order valence-corrected chi connectivity index (χ0v) is 15.2. The van der Waals surface area contributed by atoms with Crippen LogP contribution in [0, 0.1) is 11.8 Å². The van der Waals surface area contributed by atoms with Crippen LogP contribution in [-0.4, -0.2) is 43.4 Å². The van der Waals surface area contributed by atoms with Crippen LogP contribution in [0.5, 0.6) is 0 Å². The zero-order chi connectivity index (χ0) is 17.2. The van der Waals surface area contributed by atoms with Crippen LogP contribution in [0.3, 0.4) is 0 Å². The highest BCUT2D eigenvalue weighted by Crippen LogP contribution is 2.46. The number of hydrogen-bond donors (Lipinski definition) is 1. The molecule has 1 aromatic heterocycles. The van der Waals surface area contributed by atoms with Crippen LogP contribution in [0.2, 0.25) is 0 Å². The highest BCUT2D eigenvalue weighted by molar-refractivity contribution is 7.89. The highest BCUT2D eigenvalue weighted by Gasteiger charge is 2.42. The maximum atomic E-state index is 13.3. The highest BCUT2D eigenvalue weighted by atomic mass is 32.2. The van der Waals surface area contributed by atoms with Gasteiger partial charge in [-0.1, -0.05) is 19.1 Å². The van der Waals surface area contributed by atoms with E-state index in [1.807, 2.05) is 24.4 Å². The average molecular weight is 357 g/mol. The van der Waals surface area contributed by atoms with Crippen LogP contribution in [0.1, 0.15) is 31.4 Å². The molecule has 5 rings (SSSR count). The summed E-state index contributed by atoms with van der Waals surface area (Å²) in [6, 6.07) is 7.84. The number of sulfonamides is 1. The fourth-order valence-electron chi connectivity index (χ4n) is 4.46. The van der Waals surface area contributed by atoms with E-state index < -0.39 is 10.0 Å². The van der Waals surface area contributed by atoms with Gasteiger partial charge in [0, 0.05) is 47.7 Å². The Kier molecular flexibility index (Phi) is 3.46. The molecular weight excluding hydrogens is 334 g/mol. The molecular formula is C19H23N3O2S. The Hall–Kier alpha value is -1.50. The molecule has 2 aliphatic heterocycles. The molecule has 0 spiro atoms. The molecule has 1 saturated carbocycles. The van der Waals surface area contributed by atoms with Gasteiger partial charge >= 0.3 is 0 Å². The summed E-state index contributed by atoms with van der Waals surface area (Å²) in [4.78, 5) is 5.00. The van der Waals surface area contributed by atoms with Crippen LogP contribution in [0.25, 0.3) is 10.8 Å². The van der Waals surface area contributed by atoms with Crippen molar-refractivity contribution in [2.45, 2.75) is 36.6 Å². The second kappa shape index (κ2) is 5.50. The Bertz CT molecular complexity index is 931. The molecule has 3 heterocycles. The molecule has 6 heteroatoms. The summed E-state index contributed by atoms with van der Waals surface area (Å²) in [5.41, 5.74) is 1.03. The fraction of sp³-hybridized carbons (Fsp3) is 0.526. The van der Waals surface area contributed by atoms with Crippen molar-refractivity contribution in [1.29, 1.82) is 0 Å². The van der Waals surface area contributed by atoms with E-state index in [9.17, 15) is 8.42 Å². The van der Waals surface area contributed by atoms with Crippen molar-refractivity contribution in [3.05, 3.63) is 36.2 Å². The Labute approximate surface area is 148 Å². The Morgan fingerprint density at radius 3 is 2.88 bits per heavy atom. The molecule has 0 radical (unpaired) electrons. The first-order valence-corrected chi connectivity index (χ1v) is 10.6. The fourth-order valence-corrected chi connectivity index (χ4v) is 6.19. The second-order valence-corrected chi connectivity index (χ2v) is 9.74. The minimum absolute atomic E-state index is 0.314. The number of nitrogens with zero attached hydrogens (tertiary/aromatic N) is 2. The molecule has 3 fully saturated rings. The van der Waals surface area contributed by atoms with E-state index in [0.29, 0.717) is 41.8 Å². The van der Waals surface area contributed by atoms with E-state index in [2.05, 4.69) is 17.2 Å². The molecule has 1 aliphatic carbocycles. The van der Waals surface area contributed by atoms with Gasteiger partial charge < -0.3 is 5.32 Å². The maximum absolute atomic E-state index is 13.3. The van der Waals surface area contributed by atoms with E-state index in [1.165, 1.54) is 0 Å². The molecule has 2 saturated heterocycles. The second-order valence-electron chi connectivity index (χ2n) is 7.84. The molecule has 5 nitrogen and oxygen atoms in total. The predicted octanol–water partition coefficient (Wildman–Crippen LogP) is 2.34. The Balaban J connectivity index is 1.57. The van der Waals surface area contributed by atoms with E-state index in [1.54, 1.807) is 10.4 Å². The van der Waals surface area contributed by atoms with Crippen molar-refractivity contribution >= 4 is 20.8 Å². The average Bonchev–Trinajstić information content (AvgIpc) is 2.99. The van der Waals surface area contributed by atoms with Crippen molar-refractivity contribution in [1.82, 2.24) is 14.6 Å². The molecule has 25 heavy (non-hydrogen) atoms. The van der Waals surface area contributed by atoms with Gasteiger partial charge in [-0.05, 0) is 43.4 Å². The van der Waals surface area contributed by atoms with Gasteiger partial charge in [0.1, 0.15) is 0 Å². The van der Waals surface area contributed by atoms with Crippen LogP contribution < -0.4 is 5.32 Å². The lowest BCUT2D eigenvalue weighted by atomic mass is 10.1. The monoisotopic (exact) mass is 357 g/mol. The number of pyridine rings is 1. The van der Waals surface area contributed by atoms with Gasteiger partial charge in [0.25, 0.3) is 0 Å². The SMILES string of the molecule is CC1C[C@@H]1c1cc2c(S(=O)(=O)N3C[C@@H]4CCN[C@@H]4C3)cccc2cn1. The van der Waals surface area contributed by atoms with Gasteiger partial charge in [0.15, 0.2) is 0 Å². The third-order valence-corrected chi connectivity index (χ3v) is 8.07.